The molecule has 3 aromatic rings. The summed E-state index contributed by atoms with van der Waals surface area (Å²) in [6, 6.07) is 9.83. The minimum Gasteiger partial charge on any atom is -0.268 e. The average Bonchev–Trinajstić information content (AvgIpc) is 2.50. The van der Waals surface area contributed by atoms with Gasteiger partial charge in [-0.05, 0) is 52.9 Å². The fraction of sp³-hybridized carbons (Fsp3) is 0.125. The van der Waals surface area contributed by atoms with E-state index in [1.54, 1.807) is 28.8 Å². The lowest BCUT2D eigenvalue weighted by Gasteiger charge is -2.13. The van der Waals surface area contributed by atoms with Crippen LogP contribution >= 0.6 is 34.2 Å². The second-order valence-electron chi connectivity index (χ2n) is 4.78. The van der Waals surface area contributed by atoms with Gasteiger partial charge in [0.2, 0.25) is 0 Å². The van der Waals surface area contributed by atoms with Crippen molar-refractivity contribution in [3.05, 3.63) is 67.0 Å². The normalized spacial score (nSPS) is 11.1. The summed E-state index contributed by atoms with van der Waals surface area (Å²) in [4.78, 5) is 17.3. The quantitative estimate of drug-likeness (QED) is 0.569. The number of nitrogens with zero attached hydrogens (tertiary/aromatic N) is 2. The maximum atomic E-state index is 13.7. The van der Waals surface area contributed by atoms with Crippen LogP contribution in [0.4, 0.5) is 4.39 Å². The number of hydrogen-bond acceptors (Lipinski definition) is 2. The lowest BCUT2D eigenvalue weighted by molar-refractivity contribution is 0.621. The monoisotopic (exact) mass is 428 g/mol. The van der Waals surface area contributed by atoms with E-state index in [9.17, 15) is 9.18 Å². The number of rotatable bonds is 2. The summed E-state index contributed by atoms with van der Waals surface area (Å²) in [5, 5.41) is 0.998. The van der Waals surface area contributed by atoms with Gasteiger partial charge in [-0.2, -0.15) is 0 Å². The van der Waals surface area contributed by atoms with E-state index in [-0.39, 0.29) is 11.4 Å². The molecule has 6 heteroatoms. The van der Waals surface area contributed by atoms with Crippen LogP contribution in [0.15, 0.2) is 41.2 Å². The number of benzene rings is 2. The first kappa shape index (κ1) is 15.4. The van der Waals surface area contributed by atoms with Crippen LogP contribution in [-0.2, 0) is 6.42 Å². The second-order valence-corrected chi connectivity index (χ2v) is 6.38. The van der Waals surface area contributed by atoms with Gasteiger partial charge in [0.1, 0.15) is 11.6 Å². The number of aryl methyl sites for hydroxylation is 1. The third-order valence-corrected chi connectivity index (χ3v) is 4.46. The lowest BCUT2D eigenvalue weighted by atomic mass is 10.2. The molecule has 0 N–H and O–H groups in total. The van der Waals surface area contributed by atoms with Crippen LogP contribution in [0.25, 0.3) is 16.6 Å². The molecule has 3 rings (SSSR count). The maximum Gasteiger partial charge on any atom is 0.266 e. The molecular weight excluding hydrogens is 418 g/mol. The number of fused-ring (bicyclic) bond motifs is 1. The molecule has 0 spiro atoms. The van der Waals surface area contributed by atoms with Crippen LogP contribution in [0.1, 0.15) is 12.7 Å². The van der Waals surface area contributed by atoms with Gasteiger partial charge in [0.25, 0.3) is 5.56 Å². The Hall–Kier alpha value is -1.47. The molecule has 112 valence electrons. The van der Waals surface area contributed by atoms with Crippen molar-refractivity contribution in [3.63, 3.8) is 0 Å². The SMILES string of the molecule is CCc1nc2cc(F)c(I)cc2c(=O)n1-c1ccc(Cl)cc1. The summed E-state index contributed by atoms with van der Waals surface area (Å²) >= 11 is 7.77. The van der Waals surface area contributed by atoms with Crippen LogP contribution in [0.5, 0.6) is 0 Å². The molecule has 22 heavy (non-hydrogen) atoms. The highest BCUT2D eigenvalue weighted by atomic mass is 127. The molecule has 0 aliphatic rings. The number of hydrogen-bond donors (Lipinski definition) is 0. The fourth-order valence-electron chi connectivity index (χ4n) is 2.32. The lowest BCUT2D eigenvalue weighted by Crippen LogP contribution is -2.23. The van der Waals surface area contributed by atoms with Gasteiger partial charge in [-0.25, -0.2) is 9.37 Å². The smallest absolute Gasteiger partial charge is 0.266 e. The highest BCUT2D eigenvalue weighted by Crippen LogP contribution is 2.20. The van der Waals surface area contributed by atoms with E-state index >= 15 is 0 Å². The third kappa shape index (κ3) is 2.63. The van der Waals surface area contributed by atoms with E-state index < -0.39 is 0 Å². The molecule has 0 unspecified atom stereocenters. The molecule has 0 atom stereocenters. The van der Waals surface area contributed by atoms with Gasteiger partial charge in [0.05, 0.1) is 16.6 Å². The Bertz CT molecular complexity index is 922. The fourth-order valence-corrected chi connectivity index (χ4v) is 2.91. The molecule has 2 aromatic carbocycles. The van der Waals surface area contributed by atoms with Crippen LogP contribution in [0.2, 0.25) is 5.02 Å². The first-order valence-electron chi connectivity index (χ1n) is 6.68. The molecule has 0 radical (unpaired) electrons. The van der Waals surface area contributed by atoms with E-state index in [0.717, 1.165) is 0 Å². The Balaban J connectivity index is 2.38. The highest BCUT2D eigenvalue weighted by molar-refractivity contribution is 14.1. The molecule has 0 aliphatic heterocycles. The zero-order valence-corrected chi connectivity index (χ0v) is 14.5. The third-order valence-electron chi connectivity index (χ3n) is 3.38. The van der Waals surface area contributed by atoms with Crippen molar-refractivity contribution in [3.8, 4) is 5.69 Å². The van der Waals surface area contributed by atoms with E-state index in [1.807, 2.05) is 29.5 Å². The van der Waals surface area contributed by atoms with Crippen molar-refractivity contribution >= 4 is 45.1 Å². The standard InChI is InChI=1S/C16H11ClFIN2O/c1-2-15-20-14-8-12(18)13(19)7-11(14)16(22)21(15)10-5-3-9(17)4-6-10/h3-8H,2H2,1H3. The van der Waals surface area contributed by atoms with Crippen LogP contribution in [0, 0.1) is 9.39 Å². The van der Waals surface area contributed by atoms with Gasteiger partial charge in [-0.1, -0.05) is 18.5 Å². The molecule has 0 bridgehead atoms. The van der Waals surface area contributed by atoms with Gasteiger partial charge in [0.15, 0.2) is 0 Å². The van der Waals surface area contributed by atoms with Crippen molar-refractivity contribution in [2.75, 3.05) is 0 Å². The molecule has 0 fully saturated rings. The van der Waals surface area contributed by atoms with Crippen molar-refractivity contribution in [2.45, 2.75) is 13.3 Å². The van der Waals surface area contributed by atoms with E-state index in [2.05, 4.69) is 4.98 Å². The molecule has 3 nitrogen and oxygen atoms in total. The van der Waals surface area contributed by atoms with E-state index in [0.29, 0.717) is 37.4 Å². The number of aromatic nitrogens is 2. The van der Waals surface area contributed by atoms with Crippen molar-refractivity contribution in [1.82, 2.24) is 9.55 Å². The van der Waals surface area contributed by atoms with E-state index in [1.165, 1.54) is 12.1 Å². The first-order chi connectivity index (χ1) is 10.5. The van der Waals surface area contributed by atoms with Crippen LogP contribution in [0.3, 0.4) is 0 Å². The second kappa shape index (κ2) is 5.96. The topological polar surface area (TPSA) is 34.9 Å². The van der Waals surface area contributed by atoms with Gasteiger partial charge in [0, 0.05) is 21.1 Å². The molecule has 0 saturated carbocycles. The van der Waals surface area contributed by atoms with Crippen molar-refractivity contribution in [2.24, 2.45) is 0 Å². The molecular formula is C16H11ClFIN2O. The average molecular weight is 429 g/mol. The molecule has 0 amide bonds. The summed E-state index contributed by atoms with van der Waals surface area (Å²) < 4.78 is 15.7. The molecule has 0 aliphatic carbocycles. The number of halogens is 3. The zero-order valence-electron chi connectivity index (χ0n) is 11.6. The Labute approximate surface area is 144 Å². The summed E-state index contributed by atoms with van der Waals surface area (Å²) in [5.74, 6) is 0.215. The van der Waals surface area contributed by atoms with Gasteiger partial charge in [-0.3, -0.25) is 9.36 Å². The van der Waals surface area contributed by atoms with Gasteiger partial charge >= 0.3 is 0 Å². The zero-order chi connectivity index (χ0) is 15.9. The first-order valence-corrected chi connectivity index (χ1v) is 8.13. The van der Waals surface area contributed by atoms with Crippen molar-refractivity contribution in [1.29, 1.82) is 0 Å². The summed E-state index contributed by atoms with van der Waals surface area (Å²) in [6.45, 7) is 1.91. The Morgan fingerprint density at radius 2 is 1.95 bits per heavy atom. The summed E-state index contributed by atoms with van der Waals surface area (Å²) in [6.07, 6.45) is 0.557. The van der Waals surface area contributed by atoms with Crippen LogP contribution < -0.4 is 5.56 Å². The molecule has 0 saturated heterocycles. The van der Waals surface area contributed by atoms with Crippen LogP contribution in [-0.4, -0.2) is 9.55 Å². The summed E-state index contributed by atoms with van der Waals surface area (Å²) in [7, 11) is 0. The minimum atomic E-state index is -0.369. The molecule has 1 heterocycles. The predicted molar refractivity (Wildman–Crippen MR) is 94.4 cm³/mol. The van der Waals surface area contributed by atoms with Gasteiger partial charge < -0.3 is 0 Å². The van der Waals surface area contributed by atoms with Crippen molar-refractivity contribution < 1.29 is 4.39 Å². The Kier molecular flexibility index (Phi) is 4.18. The Morgan fingerprint density at radius 3 is 2.59 bits per heavy atom. The minimum absolute atomic E-state index is 0.206. The molecule has 1 aromatic heterocycles. The maximum absolute atomic E-state index is 13.7. The highest BCUT2D eigenvalue weighted by Gasteiger charge is 2.13. The largest absolute Gasteiger partial charge is 0.268 e. The summed E-state index contributed by atoms with van der Waals surface area (Å²) in [5.41, 5.74) is 0.868. The predicted octanol–water partition coefficient (Wildman–Crippen LogP) is 4.35. The Morgan fingerprint density at radius 1 is 1.27 bits per heavy atom. The van der Waals surface area contributed by atoms with E-state index in [4.69, 9.17) is 11.6 Å². The van der Waals surface area contributed by atoms with Gasteiger partial charge in [-0.15, -0.1) is 0 Å².